The molecule has 0 aliphatic carbocycles. The van der Waals surface area contributed by atoms with E-state index >= 15 is 0 Å². The summed E-state index contributed by atoms with van der Waals surface area (Å²) in [5.41, 5.74) is 0.769. The van der Waals surface area contributed by atoms with Gasteiger partial charge in [-0.2, -0.15) is 0 Å². The average Bonchev–Trinajstić information content (AvgIpc) is 3.14. The van der Waals surface area contributed by atoms with Gasteiger partial charge in [0.05, 0.1) is 33.8 Å². The van der Waals surface area contributed by atoms with Crippen molar-refractivity contribution in [3.8, 4) is 17.2 Å². The number of hydrogen-bond donors (Lipinski definition) is 0. The lowest BCUT2D eigenvalue weighted by Crippen LogP contribution is -2.30. The molecule has 0 unspecified atom stereocenters. The van der Waals surface area contributed by atoms with Gasteiger partial charge in [-0.05, 0) is 24.4 Å². The van der Waals surface area contributed by atoms with Crippen LogP contribution < -0.4 is 14.2 Å². The predicted octanol–water partition coefficient (Wildman–Crippen LogP) is 3.54. The van der Waals surface area contributed by atoms with E-state index in [9.17, 15) is 4.79 Å². The molecule has 0 spiro atoms. The van der Waals surface area contributed by atoms with Crippen LogP contribution in [-0.2, 0) is 11.2 Å². The molecule has 0 bridgehead atoms. The van der Waals surface area contributed by atoms with E-state index in [1.807, 2.05) is 37.6 Å². The Balaban J connectivity index is 2.22. The Kier molecular flexibility index (Phi) is 6.09. The lowest BCUT2D eigenvalue weighted by Gasteiger charge is -2.25. The van der Waals surface area contributed by atoms with Crippen LogP contribution in [0.5, 0.6) is 17.2 Å². The van der Waals surface area contributed by atoms with Crippen LogP contribution >= 0.6 is 11.3 Å². The third kappa shape index (κ3) is 3.64. The molecule has 0 fully saturated rings. The van der Waals surface area contributed by atoms with Crippen molar-refractivity contribution in [2.75, 3.05) is 28.4 Å². The minimum atomic E-state index is 0.0152. The third-order valence-corrected chi connectivity index (χ3v) is 5.10. The first kappa shape index (κ1) is 18.1. The molecule has 1 heterocycles. The maximum absolute atomic E-state index is 12.7. The monoisotopic (exact) mass is 349 g/mol. The molecule has 1 aromatic heterocycles. The molecule has 2 rings (SSSR count). The minimum Gasteiger partial charge on any atom is -0.493 e. The number of likely N-dealkylation sites (N-methyl/N-ethyl adjacent to an activating group) is 1. The maximum atomic E-state index is 12.7. The van der Waals surface area contributed by atoms with Crippen LogP contribution in [-0.4, -0.2) is 39.2 Å². The Morgan fingerprint density at radius 1 is 1.12 bits per heavy atom. The standard InChI is InChI=1S/C18H23NO4S/c1-12(15-7-6-10-24-15)19(2)16(20)11-13-8-9-14(21-3)18(23-5)17(13)22-4/h6-10,12H,11H2,1-5H3/t12-/m0/s1. The SMILES string of the molecule is COc1ccc(CC(=O)N(C)[C@@H](C)c2cccs2)c(OC)c1OC. The van der Waals surface area contributed by atoms with Gasteiger partial charge in [0.15, 0.2) is 11.5 Å². The zero-order chi connectivity index (χ0) is 17.7. The Morgan fingerprint density at radius 2 is 1.83 bits per heavy atom. The molecule has 0 aliphatic heterocycles. The first-order valence-corrected chi connectivity index (χ1v) is 8.48. The second kappa shape index (κ2) is 8.06. The Labute approximate surface area is 146 Å². The number of amides is 1. The highest BCUT2D eigenvalue weighted by atomic mass is 32.1. The summed E-state index contributed by atoms with van der Waals surface area (Å²) in [6.07, 6.45) is 0.232. The summed E-state index contributed by atoms with van der Waals surface area (Å²) >= 11 is 1.65. The van der Waals surface area contributed by atoms with Crippen molar-refractivity contribution in [1.82, 2.24) is 4.90 Å². The fourth-order valence-electron chi connectivity index (χ4n) is 2.53. The summed E-state index contributed by atoms with van der Waals surface area (Å²) in [6.45, 7) is 2.02. The third-order valence-electron chi connectivity index (χ3n) is 4.06. The smallest absolute Gasteiger partial charge is 0.227 e. The van der Waals surface area contributed by atoms with Crippen LogP contribution in [0.4, 0.5) is 0 Å². The van der Waals surface area contributed by atoms with Crippen molar-refractivity contribution in [1.29, 1.82) is 0 Å². The largest absolute Gasteiger partial charge is 0.493 e. The van der Waals surface area contributed by atoms with Crippen molar-refractivity contribution < 1.29 is 19.0 Å². The highest BCUT2D eigenvalue weighted by Gasteiger charge is 2.22. The number of rotatable bonds is 7. The number of benzene rings is 1. The molecule has 0 saturated heterocycles. The van der Waals surface area contributed by atoms with Crippen LogP contribution in [0, 0.1) is 0 Å². The van der Waals surface area contributed by atoms with Gasteiger partial charge in [-0.15, -0.1) is 11.3 Å². The lowest BCUT2D eigenvalue weighted by atomic mass is 10.1. The molecule has 1 aromatic carbocycles. The summed E-state index contributed by atoms with van der Waals surface area (Å²) in [5, 5.41) is 2.02. The molecule has 0 radical (unpaired) electrons. The Morgan fingerprint density at radius 3 is 2.38 bits per heavy atom. The number of nitrogens with zero attached hydrogens (tertiary/aromatic N) is 1. The molecular formula is C18H23NO4S. The van der Waals surface area contributed by atoms with Crippen molar-refractivity contribution in [3.05, 3.63) is 40.1 Å². The number of carbonyl (C=O) groups excluding carboxylic acids is 1. The number of carbonyl (C=O) groups is 1. The normalized spacial score (nSPS) is 11.7. The number of methoxy groups -OCH3 is 3. The number of thiophene rings is 1. The fourth-order valence-corrected chi connectivity index (χ4v) is 3.35. The minimum absolute atomic E-state index is 0.0152. The molecule has 1 atom stereocenters. The van der Waals surface area contributed by atoms with Crippen LogP contribution in [0.15, 0.2) is 29.6 Å². The van der Waals surface area contributed by atoms with Gasteiger partial charge in [0.2, 0.25) is 11.7 Å². The zero-order valence-electron chi connectivity index (χ0n) is 14.7. The highest BCUT2D eigenvalue weighted by Crippen LogP contribution is 2.40. The van der Waals surface area contributed by atoms with E-state index in [1.165, 1.54) is 0 Å². The molecule has 0 aliphatic rings. The van der Waals surface area contributed by atoms with Gasteiger partial charge < -0.3 is 19.1 Å². The summed E-state index contributed by atoms with van der Waals surface area (Å²) in [7, 11) is 6.50. The number of hydrogen-bond acceptors (Lipinski definition) is 5. The van der Waals surface area contributed by atoms with E-state index in [1.54, 1.807) is 43.6 Å². The molecule has 130 valence electrons. The van der Waals surface area contributed by atoms with Crippen molar-refractivity contribution in [2.24, 2.45) is 0 Å². The van der Waals surface area contributed by atoms with Gasteiger partial charge in [0.25, 0.3) is 0 Å². The zero-order valence-corrected chi connectivity index (χ0v) is 15.5. The van der Waals surface area contributed by atoms with Gasteiger partial charge >= 0.3 is 0 Å². The molecule has 6 heteroatoms. The topological polar surface area (TPSA) is 48.0 Å². The quantitative estimate of drug-likeness (QED) is 0.767. The maximum Gasteiger partial charge on any atom is 0.227 e. The van der Waals surface area contributed by atoms with Crippen LogP contribution in [0.3, 0.4) is 0 Å². The fraction of sp³-hybridized carbons (Fsp3) is 0.389. The van der Waals surface area contributed by atoms with E-state index < -0.39 is 0 Å². The Bertz CT molecular complexity index is 685. The van der Waals surface area contributed by atoms with Crippen LogP contribution in [0.1, 0.15) is 23.4 Å². The second-order valence-electron chi connectivity index (χ2n) is 5.37. The predicted molar refractivity (Wildman–Crippen MR) is 95.3 cm³/mol. The summed E-state index contributed by atoms with van der Waals surface area (Å²) in [6, 6.07) is 7.68. The van der Waals surface area contributed by atoms with Crippen LogP contribution in [0.25, 0.3) is 0 Å². The lowest BCUT2D eigenvalue weighted by molar-refractivity contribution is -0.131. The van der Waals surface area contributed by atoms with E-state index in [2.05, 4.69) is 0 Å². The first-order chi connectivity index (χ1) is 11.5. The van der Waals surface area contributed by atoms with E-state index in [0.29, 0.717) is 17.2 Å². The van der Waals surface area contributed by atoms with Gasteiger partial charge in [-0.3, -0.25) is 4.79 Å². The molecule has 0 saturated carbocycles. The van der Waals surface area contributed by atoms with E-state index in [0.717, 1.165) is 10.4 Å². The van der Waals surface area contributed by atoms with Gasteiger partial charge in [0, 0.05) is 17.5 Å². The summed E-state index contributed by atoms with van der Waals surface area (Å²) in [5.74, 6) is 1.62. The van der Waals surface area contributed by atoms with Crippen molar-refractivity contribution in [3.63, 3.8) is 0 Å². The molecule has 24 heavy (non-hydrogen) atoms. The highest BCUT2D eigenvalue weighted by molar-refractivity contribution is 7.10. The van der Waals surface area contributed by atoms with Gasteiger partial charge in [-0.25, -0.2) is 0 Å². The van der Waals surface area contributed by atoms with Crippen molar-refractivity contribution in [2.45, 2.75) is 19.4 Å². The molecule has 1 amide bonds. The second-order valence-corrected chi connectivity index (χ2v) is 6.35. The number of ether oxygens (including phenoxy) is 3. The molecule has 5 nitrogen and oxygen atoms in total. The van der Waals surface area contributed by atoms with Gasteiger partial charge in [-0.1, -0.05) is 12.1 Å². The Hall–Kier alpha value is -2.21. The molecule has 2 aromatic rings. The van der Waals surface area contributed by atoms with E-state index in [4.69, 9.17) is 14.2 Å². The summed E-state index contributed by atoms with van der Waals surface area (Å²) < 4.78 is 16.1. The van der Waals surface area contributed by atoms with Crippen molar-refractivity contribution >= 4 is 17.2 Å². The molecule has 0 N–H and O–H groups in total. The first-order valence-electron chi connectivity index (χ1n) is 7.60. The average molecular weight is 349 g/mol. The van der Waals surface area contributed by atoms with E-state index in [-0.39, 0.29) is 18.4 Å². The molecular weight excluding hydrogens is 326 g/mol. The summed E-state index contributed by atoms with van der Waals surface area (Å²) in [4.78, 5) is 15.6. The van der Waals surface area contributed by atoms with Crippen LogP contribution in [0.2, 0.25) is 0 Å². The van der Waals surface area contributed by atoms with Gasteiger partial charge in [0.1, 0.15) is 0 Å².